The minimum Gasteiger partial charge on any atom is -0.308 e. The SMILES string of the molecule is CC(NCC1(N(C)C)CCC1)c1cccc([N+](=O)[O-])c1. The predicted molar refractivity (Wildman–Crippen MR) is 79.8 cm³/mol. The Balaban J connectivity index is 2.00. The van der Waals surface area contributed by atoms with Crippen molar-refractivity contribution in [3.63, 3.8) is 0 Å². The molecule has 1 aromatic rings. The van der Waals surface area contributed by atoms with E-state index in [1.54, 1.807) is 12.1 Å². The van der Waals surface area contributed by atoms with Crippen LogP contribution < -0.4 is 5.32 Å². The van der Waals surface area contributed by atoms with Crippen molar-refractivity contribution < 1.29 is 4.92 Å². The van der Waals surface area contributed by atoms with E-state index in [9.17, 15) is 10.1 Å². The van der Waals surface area contributed by atoms with E-state index in [0.717, 1.165) is 12.1 Å². The van der Waals surface area contributed by atoms with Crippen LogP contribution in [-0.4, -0.2) is 36.0 Å². The zero-order valence-electron chi connectivity index (χ0n) is 12.4. The Labute approximate surface area is 120 Å². The van der Waals surface area contributed by atoms with E-state index in [2.05, 4.69) is 31.2 Å². The average Bonchev–Trinajstić information content (AvgIpc) is 2.37. The summed E-state index contributed by atoms with van der Waals surface area (Å²) in [6.45, 7) is 2.98. The third-order valence-electron chi connectivity index (χ3n) is 4.55. The molecule has 5 nitrogen and oxygen atoms in total. The molecule has 1 N–H and O–H groups in total. The van der Waals surface area contributed by atoms with Crippen LogP contribution in [0.4, 0.5) is 5.69 Å². The van der Waals surface area contributed by atoms with E-state index < -0.39 is 0 Å². The van der Waals surface area contributed by atoms with Crippen molar-refractivity contribution in [2.24, 2.45) is 0 Å². The van der Waals surface area contributed by atoms with Gasteiger partial charge in [-0.3, -0.25) is 10.1 Å². The molecular weight excluding hydrogens is 254 g/mol. The highest BCUT2D eigenvalue weighted by molar-refractivity contribution is 5.35. The first-order chi connectivity index (χ1) is 9.44. The number of likely N-dealkylation sites (N-methyl/N-ethyl adjacent to an activating group) is 1. The van der Waals surface area contributed by atoms with Gasteiger partial charge in [0.2, 0.25) is 0 Å². The van der Waals surface area contributed by atoms with Crippen LogP contribution >= 0.6 is 0 Å². The number of hydrogen-bond acceptors (Lipinski definition) is 4. The highest BCUT2D eigenvalue weighted by Crippen LogP contribution is 2.36. The first-order valence-corrected chi connectivity index (χ1v) is 7.10. The van der Waals surface area contributed by atoms with Crippen molar-refractivity contribution in [1.82, 2.24) is 10.2 Å². The normalized spacial score (nSPS) is 18.6. The second kappa shape index (κ2) is 5.89. The van der Waals surface area contributed by atoms with Gasteiger partial charge >= 0.3 is 0 Å². The summed E-state index contributed by atoms with van der Waals surface area (Å²) in [7, 11) is 4.25. The summed E-state index contributed by atoms with van der Waals surface area (Å²) < 4.78 is 0. The number of non-ortho nitro benzene ring substituents is 1. The molecule has 0 bridgehead atoms. The quantitative estimate of drug-likeness (QED) is 0.641. The van der Waals surface area contributed by atoms with Gasteiger partial charge in [-0.2, -0.15) is 0 Å². The summed E-state index contributed by atoms with van der Waals surface area (Å²) in [5, 5.41) is 14.3. The number of nitro benzene ring substituents is 1. The largest absolute Gasteiger partial charge is 0.308 e. The van der Waals surface area contributed by atoms with Crippen LogP contribution in [0.15, 0.2) is 24.3 Å². The van der Waals surface area contributed by atoms with Crippen LogP contribution in [0.25, 0.3) is 0 Å². The minimum absolute atomic E-state index is 0.118. The molecular formula is C15H23N3O2. The fourth-order valence-corrected chi connectivity index (χ4v) is 2.74. The summed E-state index contributed by atoms with van der Waals surface area (Å²) in [5.74, 6) is 0. The van der Waals surface area contributed by atoms with Gasteiger partial charge in [0.05, 0.1) is 4.92 Å². The Bertz CT molecular complexity index is 484. The van der Waals surface area contributed by atoms with E-state index in [1.165, 1.54) is 25.3 Å². The predicted octanol–water partition coefficient (Wildman–Crippen LogP) is 2.73. The van der Waals surface area contributed by atoms with E-state index in [1.807, 2.05) is 6.07 Å². The van der Waals surface area contributed by atoms with Crippen molar-refractivity contribution in [3.05, 3.63) is 39.9 Å². The molecule has 2 rings (SSSR count). The highest BCUT2D eigenvalue weighted by atomic mass is 16.6. The molecule has 0 aliphatic heterocycles. The molecule has 1 aromatic carbocycles. The summed E-state index contributed by atoms with van der Waals surface area (Å²) in [6.07, 6.45) is 3.72. The molecule has 0 amide bonds. The lowest BCUT2D eigenvalue weighted by Crippen LogP contribution is -2.56. The maximum absolute atomic E-state index is 10.8. The molecule has 110 valence electrons. The second-order valence-electron chi connectivity index (χ2n) is 5.93. The fraction of sp³-hybridized carbons (Fsp3) is 0.600. The summed E-state index contributed by atoms with van der Waals surface area (Å²) in [6, 6.07) is 6.99. The standard InChI is InChI=1S/C15H23N3O2/c1-12(13-6-4-7-14(10-13)18(19)20)16-11-15(17(2)3)8-5-9-15/h4,6-7,10,12,16H,5,8-9,11H2,1-3H3. The lowest BCUT2D eigenvalue weighted by atomic mass is 9.75. The number of nitrogens with one attached hydrogen (secondary N) is 1. The lowest BCUT2D eigenvalue weighted by molar-refractivity contribution is -0.384. The Morgan fingerprint density at radius 1 is 1.45 bits per heavy atom. The van der Waals surface area contributed by atoms with Crippen molar-refractivity contribution in [1.29, 1.82) is 0 Å². The zero-order valence-corrected chi connectivity index (χ0v) is 12.4. The van der Waals surface area contributed by atoms with Gasteiger partial charge in [-0.25, -0.2) is 0 Å². The molecule has 0 aromatic heterocycles. The van der Waals surface area contributed by atoms with Gasteiger partial charge in [0, 0.05) is 30.3 Å². The van der Waals surface area contributed by atoms with E-state index >= 15 is 0 Å². The molecule has 1 fully saturated rings. The van der Waals surface area contributed by atoms with Crippen LogP contribution in [0, 0.1) is 10.1 Å². The van der Waals surface area contributed by atoms with Gasteiger partial charge in [-0.05, 0) is 45.8 Å². The third kappa shape index (κ3) is 2.99. The van der Waals surface area contributed by atoms with Crippen LogP contribution in [0.2, 0.25) is 0 Å². The van der Waals surface area contributed by atoms with Crippen molar-refractivity contribution in [3.8, 4) is 0 Å². The van der Waals surface area contributed by atoms with E-state index in [0.29, 0.717) is 0 Å². The molecule has 1 unspecified atom stereocenters. The average molecular weight is 277 g/mol. The van der Waals surface area contributed by atoms with Gasteiger partial charge in [0.15, 0.2) is 0 Å². The summed E-state index contributed by atoms with van der Waals surface area (Å²) in [5.41, 5.74) is 1.38. The Kier molecular flexibility index (Phi) is 4.40. The van der Waals surface area contributed by atoms with Crippen LogP contribution in [-0.2, 0) is 0 Å². The highest BCUT2D eigenvalue weighted by Gasteiger charge is 2.38. The number of benzene rings is 1. The van der Waals surface area contributed by atoms with Crippen molar-refractivity contribution in [2.75, 3.05) is 20.6 Å². The van der Waals surface area contributed by atoms with Crippen LogP contribution in [0.3, 0.4) is 0 Å². The summed E-state index contributed by atoms with van der Waals surface area (Å²) >= 11 is 0. The molecule has 1 atom stereocenters. The molecule has 0 saturated heterocycles. The first kappa shape index (κ1) is 14.9. The summed E-state index contributed by atoms with van der Waals surface area (Å²) in [4.78, 5) is 12.8. The van der Waals surface area contributed by atoms with Gasteiger partial charge in [0.1, 0.15) is 0 Å². The second-order valence-corrected chi connectivity index (χ2v) is 5.93. The van der Waals surface area contributed by atoms with E-state index in [4.69, 9.17) is 0 Å². The molecule has 5 heteroatoms. The molecule has 0 heterocycles. The molecule has 1 aliphatic rings. The maximum Gasteiger partial charge on any atom is 0.269 e. The fourth-order valence-electron chi connectivity index (χ4n) is 2.74. The first-order valence-electron chi connectivity index (χ1n) is 7.10. The topological polar surface area (TPSA) is 58.4 Å². The van der Waals surface area contributed by atoms with Crippen LogP contribution in [0.1, 0.15) is 37.8 Å². The third-order valence-corrected chi connectivity index (χ3v) is 4.55. The van der Waals surface area contributed by atoms with Crippen molar-refractivity contribution in [2.45, 2.75) is 37.8 Å². The Morgan fingerprint density at radius 2 is 2.15 bits per heavy atom. The van der Waals surface area contributed by atoms with Gasteiger partial charge in [0.25, 0.3) is 5.69 Å². The van der Waals surface area contributed by atoms with Gasteiger partial charge < -0.3 is 10.2 Å². The maximum atomic E-state index is 10.8. The monoisotopic (exact) mass is 277 g/mol. The van der Waals surface area contributed by atoms with E-state index in [-0.39, 0.29) is 22.2 Å². The van der Waals surface area contributed by atoms with Crippen molar-refractivity contribution >= 4 is 5.69 Å². The number of nitrogens with zero attached hydrogens (tertiary/aromatic N) is 2. The van der Waals surface area contributed by atoms with Crippen LogP contribution in [0.5, 0.6) is 0 Å². The zero-order chi connectivity index (χ0) is 14.8. The lowest BCUT2D eigenvalue weighted by Gasteiger charge is -2.48. The molecule has 1 aliphatic carbocycles. The van der Waals surface area contributed by atoms with Gasteiger partial charge in [-0.1, -0.05) is 12.1 Å². The molecule has 20 heavy (non-hydrogen) atoms. The number of rotatable bonds is 6. The Morgan fingerprint density at radius 3 is 2.65 bits per heavy atom. The number of hydrogen-bond donors (Lipinski definition) is 1. The molecule has 0 spiro atoms. The van der Waals surface area contributed by atoms with Gasteiger partial charge in [-0.15, -0.1) is 0 Å². The smallest absolute Gasteiger partial charge is 0.269 e. The number of nitro groups is 1. The molecule has 1 saturated carbocycles. The minimum atomic E-state index is -0.344. The Hall–Kier alpha value is -1.46. The molecule has 0 radical (unpaired) electrons.